The number of hydrogen-bond donors (Lipinski definition) is 0. The van der Waals surface area contributed by atoms with Crippen molar-refractivity contribution in [2.75, 3.05) is 0 Å². The Morgan fingerprint density at radius 1 is 1.06 bits per heavy atom. The average Bonchev–Trinajstić information content (AvgIpc) is 3.48. The predicted molar refractivity (Wildman–Crippen MR) is 145 cm³/mol. The van der Waals surface area contributed by atoms with Crippen molar-refractivity contribution in [3.63, 3.8) is 0 Å². The molecule has 0 unspecified atom stereocenters. The van der Waals surface area contributed by atoms with Gasteiger partial charge in [0.05, 0.1) is 5.69 Å². The quantitative estimate of drug-likeness (QED) is 0.387. The highest BCUT2D eigenvalue weighted by Crippen LogP contribution is 2.45. The Labute approximate surface area is 222 Å². The molecule has 2 aliphatic rings. The number of carbonyl (C=O) groups is 1. The van der Waals surface area contributed by atoms with Crippen molar-refractivity contribution in [3.8, 4) is 0 Å². The molecule has 0 spiro atoms. The number of piperidine rings is 1. The number of carbonyl (C=O) groups excluding carboxylic acids is 1. The Hall–Kier alpha value is -2.31. The zero-order valence-electron chi connectivity index (χ0n) is 19.0. The number of hydrogen-bond acceptors (Lipinski definition) is 4. The second kappa shape index (κ2) is 10.4. The standard InChI is InChI=1S/C23H22F2N6O.3H2S/c1-29-17-5-3-2-4-13(17)10-20(29)22(32)30-14-6-8-15(18(30)9-7-14)19-11-16(21(24)25)28-23-26-12-27-31(19)23;;;/h2-5,10-12,14-15,18,21H,6-9H2,1H3;3*1H2/t14-,15-,18-;;;/m0.../s1. The SMILES string of the molecule is Cn1c(C(=O)N2[C@H]3CC[C@H](c4cc(C(F)F)nc5ncnn45)[C@@H]2CC3)cc2ccccc21.S.S.S. The van der Waals surface area contributed by atoms with Crippen molar-refractivity contribution in [2.24, 2.45) is 7.05 Å². The number of nitrogens with zero attached hydrogens (tertiary/aromatic N) is 6. The highest BCUT2D eigenvalue weighted by atomic mass is 32.1. The van der Waals surface area contributed by atoms with Gasteiger partial charge in [0.2, 0.25) is 0 Å². The fourth-order valence-corrected chi connectivity index (χ4v) is 5.67. The second-order valence-electron chi connectivity index (χ2n) is 8.72. The third kappa shape index (κ3) is 4.29. The van der Waals surface area contributed by atoms with Gasteiger partial charge in [-0.05, 0) is 43.9 Å². The molecule has 2 bridgehead atoms. The van der Waals surface area contributed by atoms with Crippen LogP contribution in [0.1, 0.15) is 59.9 Å². The Bertz CT molecular complexity index is 1360. The molecule has 35 heavy (non-hydrogen) atoms. The first-order chi connectivity index (χ1) is 15.5. The van der Waals surface area contributed by atoms with Crippen molar-refractivity contribution >= 4 is 63.1 Å². The van der Waals surface area contributed by atoms with Crippen molar-refractivity contribution in [3.05, 3.63) is 59.8 Å². The van der Waals surface area contributed by atoms with Gasteiger partial charge in [-0.15, -0.1) is 0 Å². The topological polar surface area (TPSA) is 68.3 Å². The number of alkyl halides is 2. The van der Waals surface area contributed by atoms with E-state index in [4.69, 9.17) is 0 Å². The number of amides is 1. The van der Waals surface area contributed by atoms with Crippen LogP contribution in [-0.4, -0.2) is 47.0 Å². The third-order valence-corrected chi connectivity index (χ3v) is 7.13. The molecule has 4 aromatic rings. The smallest absolute Gasteiger partial charge is 0.280 e. The van der Waals surface area contributed by atoms with Gasteiger partial charge in [0, 0.05) is 36.0 Å². The largest absolute Gasteiger partial charge is 0.340 e. The maximum atomic E-state index is 13.8. The van der Waals surface area contributed by atoms with E-state index < -0.39 is 6.43 Å². The van der Waals surface area contributed by atoms with Gasteiger partial charge in [-0.3, -0.25) is 4.79 Å². The highest BCUT2D eigenvalue weighted by Gasteiger charge is 2.47. The average molecular weight is 539 g/mol. The fraction of sp³-hybridized carbons (Fsp3) is 0.391. The minimum Gasteiger partial charge on any atom is -0.340 e. The van der Waals surface area contributed by atoms with Crippen LogP contribution in [0.25, 0.3) is 16.7 Å². The van der Waals surface area contributed by atoms with Crippen LogP contribution < -0.4 is 0 Å². The Balaban J connectivity index is 0.00000114. The molecular weight excluding hydrogens is 510 g/mol. The zero-order valence-corrected chi connectivity index (χ0v) is 22.0. The Kier molecular flexibility index (Phi) is 8.07. The fourth-order valence-electron chi connectivity index (χ4n) is 5.67. The van der Waals surface area contributed by atoms with Crippen LogP contribution in [0.2, 0.25) is 0 Å². The van der Waals surface area contributed by atoms with Gasteiger partial charge < -0.3 is 9.47 Å². The molecule has 188 valence electrons. The van der Waals surface area contributed by atoms with E-state index in [2.05, 4.69) is 15.1 Å². The molecule has 2 aliphatic heterocycles. The summed E-state index contributed by atoms with van der Waals surface area (Å²) in [5.41, 5.74) is 2.02. The van der Waals surface area contributed by atoms with E-state index in [0.29, 0.717) is 11.4 Å². The molecule has 1 amide bonds. The molecule has 0 saturated carbocycles. The highest BCUT2D eigenvalue weighted by molar-refractivity contribution is 7.59. The van der Waals surface area contributed by atoms with Crippen molar-refractivity contribution in [1.29, 1.82) is 0 Å². The van der Waals surface area contributed by atoms with E-state index in [-0.39, 0.29) is 75.9 Å². The normalized spacial score (nSPS) is 21.0. The van der Waals surface area contributed by atoms with Crippen LogP contribution in [0.15, 0.2) is 42.7 Å². The molecule has 2 saturated heterocycles. The molecule has 2 fully saturated rings. The minimum atomic E-state index is -2.69. The van der Waals surface area contributed by atoms with Crippen LogP contribution >= 0.6 is 40.5 Å². The lowest BCUT2D eigenvalue weighted by Gasteiger charge is -2.40. The van der Waals surface area contributed by atoms with Crippen LogP contribution in [0.5, 0.6) is 0 Å². The lowest BCUT2D eigenvalue weighted by atomic mass is 9.86. The molecule has 0 N–H and O–H groups in total. The van der Waals surface area contributed by atoms with Crippen LogP contribution in [0, 0.1) is 0 Å². The summed E-state index contributed by atoms with van der Waals surface area (Å²) in [6.07, 6.45) is 2.05. The van der Waals surface area contributed by atoms with Crippen LogP contribution in [-0.2, 0) is 7.05 Å². The Morgan fingerprint density at radius 2 is 1.80 bits per heavy atom. The van der Waals surface area contributed by atoms with Gasteiger partial charge >= 0.3 is 0 Å². The number of benzene rings is 1. The predicted octanol–water partition coefficient (Wildman–Crippen LogP) is 4.44. The number of aromatic nitrogens is 5. The van der Waals surface area contributed by atoms with Gasteiger partial charge in [0.15, 0.2) is 0 Å². The summed E-state index contributed by atoms with van der Waals surface area (Å²) in [6, 6.07) is 11.4. The first-order valence-electron chi connectivity index (χ1n) is 10.9. The van der Waals surface area contributed by atoms with E-state index in [9.17, 15) is 13.6 Å². The van der Waals surface area contributed by atoms with Gasteiger partial charge in [0.25, 0.3) is 18.1 Å². The first kappa shape index (κ1) is 27.3. The number of para-hydroxylation sites is 1. The monoisotopic (exact) mass is 538 g/mol. The van der Waals surface area contributed by atoms with Gasteiger partial charge in [-0.2, -0.15) is 50.6 Å². The molecule has 1 aromatic carbocycles. The number of rotatable bonds is 3. The van der Waals surface area contributed by atoms with Crippen molar-refractivity contribution in [2.45, 2.75) is 50.1 Å². The van der Waals surface area contributed by atoms with Gasteiger partial charge in [-0.25, -0.2) is 18.3 Å². The first-order valence-corrected chi connectivity index (χ1v) is 10.9. The summed E-state index contributed by atoms with van der Waals surface area (Å²) in [7, 11) is 1.91. The number of halogens is 2. The maximum absolute atomic E-state index is 13.8. The zero-order chi connectivity index (χ0) is 22.0. The van der Waals surface area contributed by atoms with Gasteiger partial charge in [0.1, 0.15) is 17.7 Å². The molecule has 0 radical (unpaired) electrons. The molecule has 3 aromatic heterocycles. The van der Waals surface area contributed by atoms with Crippen molar-refractivity contribution in [1.82, 2.24) is 29.0 Å². The summed E-state index contributed by atoms with van der Waals surface area (Å²) in [5.74, 6) is 0.0699. The second-order valence-corrected chi connectivity index (χ2v) is 8.72. The van der Waals surface area contributed by atoms with E-state index in [1.165, 1.54) is 12.4 Å². The lowest BCUT2D eigenvalue weighted by Crippen LogP contribution is -2.48. The van der Waals surface area contributed by atoms with Gasteiger partial charge in [-0.1, -0.05) is 18.2 Å². The summed E-state index contributed by atoms with van der Waals surface area (Å²) in [5, 5.41) is 5.27. The molecule has 3 atom stereocenters. The minimum absolute atomic E-state index is 0. The molecule has 7 nitrogen and oxygen atoms in total. The summed E-state index contributed by atoms with van der Waals surface area (Å²) in [6.45, 7) is 0. The molecule has 0 aliphatic carbocycles. The summed E-state index contributed by atoms with van der Waals surface area (Å²) in [4.78, 5) is 23.7. The number of fused-ring (bicyclic) bond motifs is 4. The van der Waals surface area contributed by atoms with E-state index >= 15 is 0 Å². The van der Waals surface area contributed by atoms with E-state index in [1.54, 1.807) is 4.52 Å². The molecular formula is C23H28F2N6OS3. The van der Waals surface area contributed by atoms with Crippen LogP contribution in [0.3, 0.4) is 0 Å². The van der Waals surface area contributed by atoms with Crippen LogP contribution in [0.4, 0.5) is 8.78 Å². The number of aryl methyl sites for hydroxylation is 1. The Morgan fingerprint density at radius 3 is 2.54 bits per heavy atom. The molecule has 5 heterocycles. The molecule has 12 heteroatoms. The summed E-state index contributed by atoms with van der Waals surface area (Å²) < 4.78 is 30.5. The lowest BCUT2D eigenvalue weighted by molar-refractivity contribution is 0.0544. The van der Waals surface area contributed by atoms with E-state index in [0.717, 1.165) is 36.6 Å². The summed E-state index contributed by atoms with van der Waals surface area (Å²) >= 11 is 0. The van der Waals surface area contributed by atoms with Crippen molar-refractivity contribution < 1.29 is 13.6 Å². The maximum Gasteiger partial charge on any atom is 0.280 e. The third-order valence-electron chi connectivity index (χ3n) is 7.13. The van der Waals surface area contributed by atoms with E-state index in [1.807, 2.05) is 46.8 Å². The molecule has 6 rings (SSSR count).